The molecule has 2 amide bonds. The van der Waals surface area contributed by atoms with Crippen LogP contribution < -0.4 is 10.1 Å². The Balaban J connectivity index is 1.47. The number of rotatable bonds is 8. The molecule has 2 heterocycles. The standard InChI is InChI=1S/C22H23ClN2O6/c1-15(26)19-11-16(23)4-6-20(19)31-14-18-13-25(8-10-30-18)22(28)12-24-21(27)7-5-17-3-2-9-29-17/h2-7,9,11,18H,8,10,12-14H2,1H3,(H,24,27)/b7-5-. The Morgan fingerprint density at radius 2 is 2.16 bits per heavy atom. The fourth-order valence-electron chi connectivity index (χ4n) is 3.01. The van der Waals surface area contributed by atoms with Gasteiger partial charge in [-0.15, -0.1) is 0 Å². The van der Waals surface area contributed by atoms with E-state index in [0.717, 1.165) is 0 Å². The minimum Gasteiger partial charge on any atom is -0.490 e. The lowest BCUT2D eigenvalue weighted by molar-refractivity contribution is -0.140. The van der Waals surface area contributed by atoms with Gasteiger partial charge in [0.15, 0.2) is 5.78 Å². The van der Waals surface area contributed by atoms with E-state index in [4.69, 9.17) is 25.5 Å². The molecule has 1 saturated heterocycles. The molecule has 0 aliphatic carbocycles. The third-order valence-electron chi connectivity index (χ3n) is 4.59. The van der Waals surface area contributed by atoms with E-state index in [1.54, 1.807) is 35.2 Å². The Hall–Kier alpha value is -3.10. The van der Waals surface area contributed by atoms with Crippen molar-refractivity contribution in [3.05, 3.63) is 59.0 Å². The molecule has 0 radical (unpaired) electrons. The predicted molar refractivity (Wildman–Crippen MR) is 114 cm³/mol. The molecule has 8 nitrogen and oxygen atoms in total. The molecular weight excluding hydrogens is 424 g/mol. The Morgan fingerprint density at radius 1 is 1.32 bits per heavy atom. The van der Waals surface area contributed by atoms with Crippen LogP contribution in [0.5, 0.6) is 5.75 Å². The van der Waals surface area contributed by atoms with Gasteiger partial charge in [-0.1, -0.05) is 11.6 Å². The van der Waals surface area contributed by atoms with Crippen LogP contribution in [0.15, 0.2) is 47.1 Å². The number of morpholine rings is 1. The summed E-state index contributed by atoms with van der Waals surface area (Å²) in [7, 11) is 0. The number of benzene rings is 1. The van der Waals surface area contributed by atoms with Crippen molar-refractivity contribution in [2.75, 3.05) is 32.8 Å². The van der Waals surface area contributed by atoms with Gasteiger partial charge in [0.25, 0.3) is 0 Å². The summed E-state index contributed by atoms with van der Waals surface area (Å²) >= 11 is 5.95. The van der Waals surface area contributed by atoms with Crippen molar-refractivity contribution in [1.29, 1.82) is 0 Å². The first-order valence-electron chi connectivity index (χ1n) is 9.74. The number of carbonyl (C=O) groups excluding carboxylic acids is 3. The maximum absolute atomic E-state index is 12.4. The average Bonchev–Trinajstić information content (AvgIpc) is 3.29. The first kappa shape index (κ1) is 22.6. The smallest absolute Gasteiger partial charge is 0.244 e. The van der Waals surface area contributed by atoms with E-state index in [2.05, 4.69) is 5.32 Å². The molecule has 1 N–H and O–H groups in total. The molecule has 164 valence electrons. The summed E-state index contributed by atoms with van der Waals surface area (Å²) in [4.78, 5) is 37.7. The molecule has 1 aliphatic heterocycles. The molecule has 1 unspecified atom stereocenters. The largest absolute Gasteiger partial charge is 0.490 e. The van der Waals surface area contributed by atoms with Gasteiger partial charge in [0.05, 0.1) is 31.5 Å². The Kier molecular flexibility index (Phi) is 7.86. The van der Waals surface area contributed by atoms with Gasteiger partial charge < -0.3 is 24.1 Å². The van der Waals surface area contributed by atoms with Crippen molar-refractivity contribution in [2.45, 2.75) is 13.0 Å². The topological polar surface area (TPSA) is 98.1 Å². The number of ketones is 1. The van der Waals surface area contributed by atoms with E-state index >= 15 is 0 Å². The predicted octanol–water partition coefficient (Wildman–Crippen LogP) is 2.57. The SMILES string of the molecule is CC(=O)c1cc(Cl)ccc1OCC1CN(C(=O)CNC(=O)/C=C\c2ccco2)CCO1. The van der Waals surface area contributed by atoms with Crippen molar-refractivity contribution in [3.8, 4) is 5.75 Å². The number of carbonyl (C=O) groups is 3. The molecule has 9 heteroatoms. The van der Waals surface area contributed by atoms with Crippen molar-refractivity contribution in [2.24, 2.45) is 0 Å². The van der Waals surface area contributed by atoms with Gasteiger partial charge >= 0.3 is 0 Å². The van der Waals surface area contributed by atoms with E-state index in [1.165, 1.54) is 25.3 Å². The molecule has 1 aliphatic rings. The molecular formula is C22H23ClN2O6. The first-order valence-corrected chi connectivity index (χ1v) is 10.1. The van der Waals surface area contributed by atoms with Crippen LogP contribution in [0.25, 0.3) is 6.08 Å². The maximum Gasteiger partial charge on any atom is 0.244 e. The molecule has 0 saturated carbocycles. The second kappa shape index (κ2) is 10.8. The average molecular weight is 447 g/mol. The van der Waals surface area contributed by atoms with Crippen LogP contribution in [0.4, 0.5) is 0 Å². The lowest BCUT2D eigenvalue weighted by atomic mass is 10.1. The summed E-state index contributed by atoms with van der Waals surface area (Å²) in [6.45, 7) is 2.58. The Labute approximate surface area is 184 Å². The number of Topliss-reactive ketones (excluding diaryl/α,β-unsaturated/α-hetero) is 1. The number of furan rings is 1. The van der Waals surface area contributed by atoms with Crippen LogP contribution in [0.2, 0.25) is 5.02 Å². The molecule has 1 aromatic heterocycles. The molecule has 31 heavy (non-hydrogen) atoms. The summed E-state index contributed by atoms with van der Waals surface area (Å²) in [6.07, 6.45) is 3.98. The minimum atomic E-state index is -0.391. The van der Waals surface area contributed by atoms with Gasteiger partial charge in [-0.25, -0.2) is 0 Å². The normalized spacial score (nSPS) is 16.3. The van der Waals surface area contributed by atoms with Gasteiger partial charge in [-0.05, 0) is 43.3 Å². The molecule has 0 bridgehead atoms. The molecule has 1 aromatic carbocycles. The lowest BCUT2D eigenvalue weighted by Crippen LogP contribution is -2.50. The molecule has 1 atom stereocenters. The maximum atomic E-state index is 12.4. The van der Waals surface area contributed by atoms with Gasteiger partial charge in [0.2, 0.25) is 11.8 Å². The summed E-state index contributed by atoms with van der Waals surface area (Å²) in [5, 5.41) is 3.01. The third-order valence-corrected chi connectivity index (χ3v) is 4.83. The van der Waals surface area contributed by atoms with Gasteiger partial charge in [0, 0.05) is 17.6 Å². The van der Waals surface area contributed by atoms with Crippen molar-refractivity contribution in [1.82, 2.24) is 10.2 Å². The summed E-state index contributed by atoms with van der Waals surface area (Å²) in [5.74, 6) is 0.197. The number of nitrogens with one attached hydrogen (secondary N) is 1. The summed E-state index contributed by atoms with van der Waals surface area (Å²) in [5.41, 5.74) is 0.390. The highest BCUT2D eigenvalue weighted by Gasteiger charge is 2.25. The first-order chi connectivity index (χ1) is 14.9. The van der Waals surface area contributed by atoms with Crippen LogP contribution >= 0.6 is 11.6 Å². The van der Waals surface area contributed by atoms with E-state index in [0.29, 0.717) is 41.8 Å². The summed E-state index contributed by atoms with van der Waals surface area (Å²) in [6, 6.07) is 8.27. The Morgan fingerprint density at radius 3 is 2.90 bits per heavy atom. The van der Waals surface area contributed by atoms with E-state index < -0.39 is 5.91 Å². The summed E-state index contributed by atoms with van der Waals surface area (Å²) < 4.78 is 16.5. The fraction of sp³-hybridized carbons (Fsp3) is 0.318. The number of nitrogens with zero attached hydrogens (tertiary/aromatic N) is 1. The van der Waals surface area contributed by atoms with Crippen LogP contribution in [0, 0.1) is 0 Å². The number of ether oxygens (including phenoxy) is 2. The number of hydrogen-bond acceptors (Lipinski definition) is 6. The number of amides is 2. The zero-order chi connectivity index (χ0) is 22.2. The van der Waals surface area contributed by atoms with Crippen LogP contribution in [0.1, 0.15) is 23.0 Å². The van der Waals surface area contributed by atoms with Gasteiger partial charge in [-0.2, -0.15) is 0 Å². The quantitative estimate of drug-likeness (QED) is 0.494. The number of halogens is 1. The van der Waals surface area contributed by atoms with E-state index in [1.807, 2.05) is 0 Å². The lowest BCUT2D eigenvalue weighted by Gasteiger charge is -2.33. The highest BCUT2D eigenvalue weighted by atomic mass is 35.5. The second-order valence-corrected chi connectivity index (χ2v) is 7.34. The van der Waals surface area contributed by atoms with Gasteiger partial charge in [0.1, 0.15) is 24.2 Å². The third kappa shape index (κ3) is 6.70. The molecule has 3 rings (SSSR count). The Bertz CT molecular complexity index is 957. The van der Waals surface area contributed by atoms with Crippen molar-refractivity contribution < 1.29 is 28.3 Å². The van der Waals surface area contributed by atoms with Gasteiger partial charge in [-0.3, -0.25) is 14.4 Å². The second-order valence-electron chi connectivity index (χ2n) is 6.91. The number of hydrogen-bond donors (Lipinski definition) is 1. The minimum absolute atomic E-state index is 0.124. The van der Waals surface area contributed by atoms with Crippen molar-refractivity contribution in [3.63, 3.8) is 0 Å². The highest BCUT2D eigenvalue weighted by Crippen LogP contribution is 2.24. The zero-order valence-corrected chi connectivity index (χ0v) is 17.8. The monoisotopic (exact) mass is 446 g/mol. The van der Waals surface area contributed by atoms with E-state index in [-0.39, 0.29) is 30.9 Å². The van der Waals surface area contributed by atoms with Crippen LogP contribution in [-0.4, -0.2) is 61.4 Å². The molecule has 0 spiro atoms. The zero-order valence-electron chi connectivity index (χ0n) is 17.0. The molecule has 1 fully saturated rings. The van der Waals surface area contributed by atoms with Crippen LogP contribution in [0.3, 0.4) is 0 Å². The van der Waals surface area contributed by atoms with E-state index in [9.17, 15) is 14.4 Å². The molecule has 2 aromatic rings. The van der Waals surface area contributed by atoms with Crippen molar-refractivity contribution >= 4 is 35.3 Å². The fourth-order valence-corrected chi connectivity index (χ4v) is 3.18. The van der Waals surface area contributed by atoms with Crippen LogP contribution in [-0.2, 0) is 14.3 Å². The highest BCUT2D eigenvalue weighted by molar-refractivity contribution is 6.31.